The predicted octanol–water partition coefficient (Wildman–Crippen LogP) is 1.97. The predicted molar refractivity (Wildman–Crippen MR) is 64.3 cm³/mol. The summed E-state index contributed by atoms with van der Waals surface area (Å²) in [5.74, 6) is -4.39. The van der Waals surface area contributed by atoms with Gasteiger partial charge in [-0.1, -0.05) is 0 Å². The lowest BCUT2D eigenvalue weighted by molar-refractivity contribution is 0.411. The van der Waals surface area contributed by atoms with Crippen molar-refractivity contribution >= 4 is 9.84 Å². The molecule has 1 aromatic rings. The Kier molecular flexibility index (Phi) is 3.87. The molecule has 1 aromatic carbocycles. The highest BCUT2D eigenvalue weighted by molar-refractivity contribution is 7.90. The number of piperidine rings is 1. The van der Waals surface area contributed by atoms with Crippen LogP contribution in [-0.4, -0.2) is 27.8 Å². The Labute approximate surface area is 109 Å². The van der Waals surface area contributed by atoms with Crippen molar-refractivity contribution < 1.29 is 21.6 Å². The van der Waals surface area contributed by atoms with E-state index in [4.69, 9.17) is 0 Å². The number of sulfone groups is 1. The zero-order valence-electron chi connectivity index (χ0n) is 10.3. The Hall–Kier alpha value is -1.08. The SMILES string of the molecule is CS(=O)(=O)c1c(F)cc(C2CCNCC2)c(F)c1F. The minimum absolute atomic E-state index is 0.0797. The van der Waals surface area contributed by atoms with Crippen LogP contribution in [0.4, 0.5) is 13.2 Å². The summed E-state index contributed by atoms with van der Waals surface area (Å²) < 4.78 is 64.0. The van der Waals surface area contributed by atoms with Gasteiger partial charge in [0.15, 0.2) is 21.5 Å². The molecule has 0 saturated carbocycles. The number of benzene rings is 1. The van der Waals surface area contributed by atoms with Crippen LogP contribution in [0, 0.1) is 17.5 Å². The van der Waals surface area contributed by atoms with Gasteiger partial charge in [-0.3, -0.25) is 0 Å². The molecule has 0 aromatic heterocycles. The molecule has 3 nitrogen and oxygen atoms in total. The van der Waals surface area contributed by atoms with Gasteiger partial charge >= 0.3 is 0 Å². The topological polar surface area (TPSA) is 46.2 Å². The highest BCUT2D eigenvalue weighted by atomic mass is 32.2. The van der Waals surface area contributed by atoms with E-state index in [1.165, 1.54) is 0 Å². The molecular weight excluding hydrogens is 279 g/mol. The Morgan fingerprint density at radius 2 is 1.74 bits per heavy atom. The van der Waals surface area contributed by atoms with Crippen molar-refractivity contribution in [3.05, 3.63) is 29.1 Å². The van der Waals surface area contributed by atoms with Crippen LogP contribution < -0.4 is 5.32 Å². The summed E-state index contributed by atoms with van der Waals surface area (Å²) in [7, 11) is -4.14. The second kappa shape index (κ2) is 5.13. The van der Waals surface area contributed by atoms with Crippen LogP contribution in [0.25, 0.3) is 0 Å². The fraction of sp³-hybridized carbons (Fsp3) is 0.500. The molecule has 0 radical (unpaired) electrons. The van der Waals surface area contributed by atoms with Crippen molar-refractivity contribution in [2.24, 2.45) is 0 Å². The molecule has 106 valence electrons. The first kappa shape index (κ1) is 14.3. The molecule has 1 aliphatic heterocycles. The van der Waals surface area contributed by atoms with Crippen LogP contribution in [0.15, 0.2) is 11.0 Å². The molecule has 0 bridgehead atoms. The van der Waals surface area contributed by atoms with Crippen molar-refractivity contribution in [3.8, 4) is 0 Å². The van der Waals surface area contributed by atoms with E-state index < -0.39 is 32.2 Å². The van der Waals surface area contributed by atoms with E-state index in [-0.39, 0.29) is 11.5 Å². The standard InChI is InChI=1S/C12H14F3NO2S/c1-19(17,18)12-9(13)6-8(10(14)11(12)15)7-2-4-16-5-3-7/h6-7,16H,2-5H2,1H3. The van der Waals surface area contributed by atoms with Crippen molar-refractivity contribution in [2.45, 2.75) is 23.7 Å². The van der Waals surface area contributed by atoms with E-state index in [2.05, 4.69) is 5.32 Å². The molecule has 0 unspecified atom stereocenters. The van der Waals surface area contributed by atoms with E-state index in [9.17, 15) is 21.6 Å². The third kappa shape index (κ3) is 2.76. The van der Waals surface area contributed by atoms with Crippen molar-refractivity contribution in [1.29, 1.82) is 0 Å². The van der Waals surface area contributed by atoms with Crippen molar-refractivity contribution in [3.63, 3.8) is 0 Å². The summed E-state index contributed by atoms with van der Waals surface area (Å²) in [5.41, 5.74) is -0.0797. The van der Waals surface area contributed by atoms with E-state index in [0.29, 0.717) is 32.2 Å². The summed E-state index contributed by atoms with van der Waals surface area (Å²) in [4.78, 5) is -1.19. The molecule has 2 rings (SSSR count). The molecule has 0 aliphatic carbocycles. The molecule has 1 saturated heterocycles. The minimum atomic E-state index is -4.14. The zero-order valence-corrected chi connectivity index (χ0v) is 11.2. The van der Waals surface area contributed by atoms with E-state index in [1.807, 2.05) is 0 Å². The van der Waals surface area contributed by atoms with E-state index in [0.717, 1.165) is 6.07 Å². The molecule has 1 N–H and O–H groups in total. The number of hydrogen-bond donors (Lipinski definition) is 1. The van der Waals surface area contributed by atoms with Crippen LogP contribution in [-0.2, 0) is 9.84 Å². The normalized spacial score (nSPS) is 17.7. The monoisotopic (exact) mass is 293 g/mol. The zero-order chi connectivity index (χ0) is 14.2. The van der Waals surface area contributed by atoms with Gasteiger partial charge in [0, 0.05) is 6.26 Å². The number of rotatable bonds is 2. The highest BCUT2D eigenvalue weighted by Crippen LogP contribution is 2.32. The van der Waals surface area contributed by atoms with E-state index >= 15 is 0 Å². The maximum Gasteiger partial charge on any atom is 0.181 e. The lowest BCUT2D eigenvalue weighted by Gasteiger charge is -2.24. The van der Waals surface area contributed by atoms with Crippen LogP contribution in [0.2, 0.25) is 0 Å². The summed E-state index contributed by atoms with van der Waals surface area (Å²) in [6.07, 6.45) is 1.78. The first-order valence-electron chi connectivity index (χ1n) is 5.90. The Morgan fingerprint density at radius 3 is 2.26 bits per heavy atom. The Morgan fingerprint density at radius 1 is 1.16 bits per heavy atom. The molecule has 0 atom stereocenters. The third-order valence-electron chi connectivity index (χ3n) is 3.29. The van der Waals surface area contributed by atoms with Gasteiger partial charge in [0.25, 0.3) is 0 Å². The molecule has 0 spiro atoms. The largest absolute Gasteiger partial charge is 0.317 e. The van der Waals surface area contributed by atoms with Crippen molar-refractivity contribution in [2.75, 3.05) is 19.3 Å². The lowest BCUT2D eigenvalue weighted by Crippen LogP contribution is -2.27. The van der Waals surface area contributed by atoms with Gasteiger partial charge in [-0.05, 0) is 43.5 Å². The molecular formula is C12H14F3NO2S. The van der Waals surface area contributed by atoms with Crippen LogP contribution in [0.1, 0.15) is 24.3 Å². The molecule has 7 heteroatoms. The fourth-order valence-corrected chi connectivity index (χ4v) is 3.19. The van der Waals surface area contributed by atoms with Gasteiger partial charge in [0.2, 0.25) is 0 Å². The van der Waals surface area contributed by atoms with Gasteiger partial charge < -0.3 is 5.32 Å². The summed E-state index contributed by atoms with van der Waals surface area (Å²) in [5, 5.41) is 3.06. The number of hydrogen-bond acceptors (Lipinski definition) is 3. The summed E-state index contributed by atoms with van der Waals surface area (Å²) >= 11 is 0. The van der Waals surface area contributed by atoms with Crippen LogP contribution in [0.5, 0.6) is 0 Å². The Balaban J connectivity index is 2.54. The minimum Gasteiger partial charge on any atom is -0.317 e. The quantitative estimate of drug-likeness (QED) is 0.848. The molecule has 1 fully saturated rings. The Bertz CT molecular complexity index is 595. The smallest absolute Gasteiger partial charge is 0.181 e. The molecule has 0 amide bonds. The van der Waals surface area contributed by atoms with Gasteiger partial charge in [-0.25, -0.2) is 21.6 Å². The second-order valence-electron chi connectivity index (χ2n) is 4.70. The number of nitrogens with one attached hydrogen (secondary N) is 1. The molecule has 1 aliphatic rings. The van der Waals surface area contributed by atoms with Crippen molar-refractivity contribution in [1.82, 2.24) is 5.32 Å². The van der Waals surface area contributed by atoms with Gasteiger partial charge in [-0.2, -0.15) is 0 Å². The maximum absolute atomic E-state index is 13.9. The summed E-state index contributed by atoms with van der Waals surface area (Å²) in [6.45, 7) is 1.28. The first-order valence-corrected chi connectivity index (χ1v) is 7.79. The average Bonchev–Trinajstić information content (AvgIpc) is 2.33. The maximum atomic E-state index is 13.9. The fourth-order valence-electron chi connectivity index (χ4n) is 2.37. The summed E-state index contributed by atoms with van der Waals surface area (Å²) in [6, 6.07) is 0.810. The highest BCUT2D eigenvalue weighted by Gasteiger charge is 2.29. The van der Waals surface area contributed by atoms with Crippen LogP contribution >= 0.6 is 0 Å². The van der Waals surface area contributed by atoms with Gasteiger partial charge in [0.1, 0.15) is 10.7 Å². The van der Waals surface area contributed by atoms with Crippen LogP contribution in [0.3, 0.4) is 0 Å². The third-order valence-corrected chi connectivity index (χ3v) is 4.41. The van der Waals surface area contributed by atoms with E-state index in [1.54, 1.807) is 0 Å². The first-order chi connectivity index (χ1) is 8.82. The molecule has 19 heavy (non-hydrogen) atoms. The number of halogens is 3. The lowest BCUT2D eigenvalue weighted by atomic mass is 9.89. The van der Waals surface area contributed by atoms with Gasteiger partial charge in [-0.15, -0.1) is 0 Å². The average molecular weight is 293 g/mol. The molecule has 1 heterocycles. The van der Waals surface area contributed by atoms with Gasteiger partial charge in [0.05, 0.1) is 0 Å². The second-order valence-corrected chi connectivity index (χ2v) is 6.65.